The van der Waals surface area contributed by atoms with E-state index < -0.39 is 0 Å². The van der Waals surface area contributed by atoms with Crippen LogP contribution in [0.25, 0.3) is 0 Å². The molecule has 0 aliphatic heterocycles. The third-order valence-electron chi connectivity index (χ3n) is 4.51. The van der Waals surface area contributed by atoms with Crippen LogP contribution < -0.4 is 5.32 Å². The van der Waals surface area contributed by atoms with Gasteiger partial charge in [0.2, 0.25) is 5.91 Å². The molecule has 0 fully saturated rings. The number of hydrogen-bond donors (Lipinski definition) is 2. The average molecular weight is 316 g/mol. The number of H-pyrrole nitrogens is 1. The molecule has 2 rings (SSSR count). The predicted molar refractivity (Wildman–Crippen MR) is 92.3 cm³/mol. The molecule has 0 spiro atoms. The van der Waals surface area contributed by atoms with Crippen LogP contribution in [0.2, 0.25) is 0 Å². The Morgan fingerprint density at radius 1 is 1.39 bits per heavy atom. The highest BCUT2D eigenvalue weighted by Gasteiger charge is 2.19. The zero-order valence-corrected chi connectivity index (χ0v) is 14.8. The minimum Gasteiger partial charge on any atom is -0.354 e. The van der Waals surface area contributed by atoms with E-state index in [0.717, 1.165) is 36.2 Å². The van der Waals surface area contributed by atoms with E-state index in [1.807, 2.05) is 20.8 Å². The fraction of sp³-hybridized carbons (Fsp3) is 0.556. The lowest BCUT2D eigenvalue weighted by Crippen LogP contribution is -2.37. The molecule has 0 radical (unpaired) electrons. The number of carbonyl (C=O) groups is 1. The number of aromatic amines is 1. The van der Waals surface area contributed by atoms with E-state index in [2.05, 4.69) is 52.4 Å². The summed E-state index contributed by atoms with van der Waals surface area (Å²) in [4.78, 5) is 12.4. The molecule has 2 heterocycles. The highest BCUT2D eigenvalue weighted by atomic mass is 16.1. The lowest BCUT2D eigenvalue weighted by molar-refractivity contribution is -0.125. The van der Waals surface area contributed by atoms with Gasteiger partial charge < -0.3 is 9.88 Å². The van der Waals surface area contributed by atoms with Crippen LogP contribution in [-0.4, -0.2) is 26.7 Å². The molecule has 5 nitrogen and oxygen atoms in total. The Labute approximate surface area is 138 Å². The number of amides is 1. The molecule has 1 amide bonds. The molecule has 23 heavy (non-hydrogen) atoms. The number of hydrogen-bond acceptors (Lipinski definition) is 2. The van der Waals surface area contributed by atoms with Gasteiger partial charge >= 0.3 is 0 Å². The largest absolute Gasteiger partial charge is 0.354 e. The molecule has 0 aliphatic rings. The van der Waals surface area contributed by atoms with Gasteiger partial charge in [-0.2, -0.15) is 5.10 Å². The molecule has 126 valence electrons. The first-order chi connectivity index (χ1) is 10.9. The van der Waals surface area contributed by atoms with Crippen LogP contribution >= 0.6 is 0 Å². The summed E-state index contributed by atoms with van der Waals surface area (Å²) in [6.45, 7) is 8.03. The summed E-state index contributed by atoms with van der Waals surface area (Å²) in [7, 11) is 2.05. The minimum absolute atomic E-state index is 0.0533. The maximum Gasteiger partial charge on any atom is 0.223 e. The van der Waals surface area contributed by atoms with Gasteiger partial charge in [0, 0.05) is 36.6 Å². The average Bonchev–Trinajstić information content (AvgIpc) is 3.05. The lowest BCUT2D eigenvalue weighted by Gasteiger charge is -2.18. The monoisotopic (exact) mass is 316 g/mol. The smallest absolute Gasteiger partial charge is 0.223 e. The Balaban J connectivity index is 1.82. The summed E-state index contributed by atoms with van der Waals surface area (Å²) in [5.41, 5.74) is 4.49. The molecule has 0 saturated heterocycles. The van der Waals surface area contributed by atoms with Crippen molar-refractivity contribution in [2.75, 3.05) is 0 Å². The molecule has 2 atom stereocenters. The van der Waals surface area contributed by atoms with Crippen molar-refractivity contribution in [3.05, 3.63) is 41.0 Å². The van der Waals surface area contributed by atoms with Gasteiger partial charge in [-0.15, -0.1) is 0 Å². The van der Waals surface area contributed by atoms with Crippen molar-refractivity contribution in [3.63, 3.8) is 0 Å². The van der Waals surface area contributed by atoms with Crippen molar-refractivity contribution < 1.29 is 4.79 Å². The third kappa shape index (κ3) is 4.47. The van der Waals surface area contributed by atoms with Crippen LogP contribution in [-0.2, 0) is 24.7 Å². The summed E-state index contributed by atoms with van der Waals surface area (Å²) >= 11 is 0. The Bertz CT molecular complexity index is 636. The maximum absolute atomic E-state index is 12.4. The predicted octanol–water partition coefficient (Wildman–Crippen LogP) is 2.68. The van der Waals surface area contributed by atoms with Crippen molar-refractivity contribution >= 4 is 5.91 Å². The van der Waals surface area contributed by atoms with Crippen molar-refractivity contribution in [1.29, 1.82) is 0 Å². The van der Waals surface area contributed by atoms with Gasteiger partial charge in [-0.05, 0) is 57.7 Å². The fourth-order valence-electron chi connectivity index (χ4n) is 2.85. The van der Waals surface area contributed by atoms with Crippen LogP contribution in [0.4, 0.5) is 0 Å². The van der Waals surface area contributed by atoms with Crippen LogP contribution in [0.1, 0.15) is 42.9 Å². The molecule has 2 N–H and O–H groups in total. The zero-order valence-electron chi connectivity index (χ0n) is 14.8. The van der Waals surface area contributed by atoms with E-state index in [-0.39, 0.29) is 17.9 Å². The first-order valence-corrected chi connectivity index (χ1v) is 8.29. The van der Waals surface area contributed by atoms with Crippen molar-refractivity contribution in [2.45, 2.75) is 53.0 Å². The van der Waals surface area contributed by atoms with E-state index in [1.165, 1.54) is 5.69 Å². The minimum atomic E-state index is -0.0533. The first-order valence-electron chi connectivity index (χ1n) is 8.29. The summed E-state index contributed by atoms with van der Waals surface area (Å²) in [6, 6.07) is 4.35. The fourth-order valence-corrected chi connectivity index (χ4v) is 2.85. The molecule has 0 saturated carbocycles. The summed E-state index contributed by atoms with van der Waals surface area (Å²) in [6.07, 6.45) is 4.69. The highest BCUT2D eigenvalue weighted by molar-refractivity contribution is 5.78. The van der Waals surface area contributed by atoms with Crippen molar-refractivity contribution in [3.8, 4) is 0 Å². The quantitative estimate of drug-likeness (QED) is 0.825. The van der Waals surface area contributed by atoms with Crippen LogP contribution in [0.3, 0.4) is 0 Å². The highest BCUT2D eigenvalue weighted by Crippen LogP contribution is 2.15. The number of aromatic nitrogens is 3. The van der Waals surface area contributed by atoms with E-state index >= 15 is 0 Å². The summed E-state index contributed by atoms with van der Waals surface area (Å²) in [5, 5.41) is 10.3. The number of nitrogens with one attached hydrogen (secondary N) is 2. The van der Waals surface area contributed by atoms with Gasteiger partial charge in [-0.25, -0.2) is 0 Å². The molecule has 0 unspecified atom stereocenters. The SMILES string of the molecule is Cc1n[nH]c(C)c1C[C@H](C)C(=O)N[C@H](C)CCc1cccn1C. The Kier molecular flexibility index (Phi) is 5.64. The van der Waals surface area contributed by atoms with Crippen LogP contribution in [0.15, 0.2) is 18.3 Å². The molecule has 5 heteroatoms. The Morgan fingerprint density at radius 3 is 2.70 bits per heavy atom. The number of rotatable bonds is 7. The van der Waals surface area contributed by atoms with Crippen molar-refractivity contribution in [2.24, 2.45) is 13.0 Å². The Morgan fingerprint density at radius 2 is 2.13 bits per heavy atom. The molecule has 0 bridgehead atoms. The normalized spacial score (nSPS) is 13.8. The second-order valence-electron chi connectivity index (χ2n) is 6.58. The van der Waals surface area contributed by atoms with Gasteiger partial charge in [-0.1, -0.05) is 6.92 Å². The van der Waals surface area contributed by atoms with E-state index in [1.54, 1.807) is 0 Å². The van der Waals surface area contributed by atoms with Crippen LogP contribution in [0, 0.1) is 19.8 Å². The van der Waals surface area contributed by atoms with Gasteiger partial charge in [0.05, 0.1) is 5.69 Å². The maximum atomic E-state index is 12.4. The standard InChI is InChI=1S/C18H28N4O/c1-12(11-17-14(3)20-21-15(17)4)18(23)19-13(2)8-9-16-7-6-10-22(16)5/h6-7,10,12-13H,8-9,11H2,1-5H3,(H,19,23)(H,20,21)/t12-,13+/m0/s1. The van der Waals surface area contributed by atoms with E-state index in [4.69, 9.17) is 0 Å². The summed E-state index contributed by atoms with van der Waals surface area (Å²) < 4.78 is 2.13. The third-order valence-corrected chi connectivity index (χ3v) is 4.51. The summed E-state index contributed by atoms with van der Waals surface area (Å²) in [5.74, 6) is 0.0619. The second kappa shape index (κ2) is 7.49. The van der Waals surface area contributed by atoms with Gasteiger partial charge in [0.1, 0.15) is 0 Å². The molecular weight excluding hydrogens is 288 g/mol. The molecule has 0 aliphatic carbocycles. The van der Waals surface area contributed by atoms with E-state index in [9.17, 15) is 4.79 Å². The first kappa shape index (κ1) is 17.3. The molecule has 0 aromatic carbocycles. The molecule has 2 aromatic heterocycles. The number of aryl methyl sites for hydroxylation is 4. The lowest BCUT2D eigenvalue weighted by atomic mass is 9.98. The number of carbonyl (C=O) groups excluding carboxylic acids is 1. The van der Waals surface area contributed by atoms with Crippen LogP contribution in [0.5, 0.6) is 0 Å². The Hall–Kier alpha value is -2.04. The molecular formula is C18H28N4O. The topological polar surface area (TPSA) is 62.7 Å². The zero-order chi connectivity index (χ0) is 17.0. The van der Waals surface area contributed by atoms with Crippen molar-refractivity contribution in [1.82, 2.24) is 20.1 Å². The molecule has 2 aromatic rings. The van der Waals surface area contributed by atoms with Gasteiger partial charge in [0.25, 0.3) is 0 Å². The van der Waals surface area contributed by atoms with Gasteiger partial charge in [-0.3, -0.25) is 9.89 Å². The number of nitrogens with zero attached hydrogens (tertiary/aromatic N) is 2. The second-order valence-corrected chi connectivity index (χ2v) is 6.58. The van der Waals surface area contributed by atoms with Gasteiger partial charge in [0.15, 0.2) is 0 Å². The van der Waals surface area contributed by atoms with E-state index in [0.29, 0.717) is 0 Å².